The first-order chi connectivity index (χ1) is 13.1. The van der Waals surface area contributed by atoms with Crippen molar-refractivity contribution in [1.29, 1.82) is 0 Å². The second-order valence-corrected chi connectivity index (χ2v) is 8.26. The van der Waals surface area contributed by atoms with E-state index in [2.05, 4.69) is 4.98 Å². The average Bonchev–Trinajstić information content (AvgIpc) is 3.42. The molecule has 3 aromatic heterocycles. The minimum Gasteiger partial charge on any atom is -0.467 e. The normalized spacial score (nSPS) is 11.5. The quantitative estimate of drug-likeness (QED) is 0.367. The largest absolute Gasteiger partial charge is 0.467 e. The van der Waals surface area contributed by atoms with E-state index in [-0.39, 0.29) is 5.91 Å². The van der Waals surface area contributed by atoms with Crippen LogP contribution < -0.4 is 4.90 Å². The molecule has 0 radical (unpaired) electrons. The van der Waals surface area contributed by atoms with Gasteiger partial charge in [-0.3, -0.25) is 9.69 Å². The highest BCUT2D eigenvalue weighted by Gasteiger charge is 2.20. The number of anilines is 1. The van der Waals surface area contributed by atoms with Gasteiger partial charge in [-0.1, -0.05) is 29.0 Å². The number of hydrogen-bond donors (Lipinski definition) is 0. The molecule has 4 rings (SSSR count). The lowest BCUT2D eigenvalue weighted by Crippen LogP contribution is -2.28. The van der Waals surface area contributed by atoms with Gasteiger partial charge in [-0.2, -0.15) is 0 Å². The molecule has 7 heteroatoms. The summed E-state index contributed by atoms with van der Waals surface area (Å²) in [6, 6.07) is 11.4. The van der Waals surface area contributed by atoms with Crippen molar-refractivity contribution >= 4 is 61.6 Å². The van der Waals surface area contributed by atoms with Crippen LogP contribution in [0.1, 0.15) is 16.2 Å². The SMILES string of the molecule is Cc1c(Cl)ccc2sc(N(Cc3ccco3)C(=O)/C=C/c3cccs3)nc12. The lowest BCUT2D eigenvalue weighted by Gasteiger charge is -2.16. The molecule has 0 bridgehead atoms. The van der Waals surface area contributed by atoms with E-state index in [9.17, 15) is 4.79 Å². The van der Waals surface area contributed by atoms with E-state index in [4.69, 9.17) is 16.0 Å². The molecule has 0 aliphatic heterocycles. The van der Waals surface area contributed by atoms with Gasteiger partial charge in [0.2, 0.25) is 0 Å². The highest BCUT2D eigenvalue weighted by Crippen LogP contribution is 2.34. The number of fused-ring (bicyclic) bond motifs is 1. The van der Waals surface area contributed by atoms with Crippen molar-refractivity contribution in [2.24, 2.45) is 0 Å². The fraction of sp³-hybridized carbons (Fsp3) is 0.100. The maximum atomic E-state index is 12.9. The van der Waals surface area contributed by atoms with Crippen LogP contribution in [0.4, 0.5) is 5.13 Å². The number of benzene rings is 1. The molecule has 0 aliphatic rings. The molecule has 27 heavy (non-hydrogen) atoms. The highest BCUT2D eigenvalue weighted by molar-refractivity contribution is 7.22. The number of hydrogen-bond acceptors (Lipinski definition) is 5. The second kappa shape index (κ2) is 7.68. The van der Waals surface area contributed by atoms with Gasteiger partial charge in [-0.25, -0.2) is 4.98 Å². The van der Waals surface area contributed by atoms with E-state index in [1.165, 1.54) is 11.3 Å². The third-order valence-electron chi connectivity index (χ3n) is 4.06. The third-order valence-corrected chi connectivity index (χ3v) is 6.35. The van der Waals surface area contributed by atoms with Gasteiger partial charge in [0.25, 0.3) is 5.91 Å². The second-order valence-electron chi connectivity index (χ2n) is 5.87. The van der Waals surface area contributed by atoms with Gasteiger partial charge in [-0.15, -0.1) is 11.3 Å². The molecule has 136 valence electrons. The van der Waals surface area contributed by atoms with E-state index in [0.717, 1.165) is 20.7 Å². The Hall–Kier alpha value is -2.41. The number of thiophene rings is 1. The number of carbonyl (C=O) groups is 1. The first-order valence-corrected chi connectivity index (χ1v) is 10.3. The van der Waals surface area contributed by atoms with Gasteiger partial charge in [-0.05, 0) is 54.3 Å². The lowest BCUT2D eigenvalue weighted by molar-refractivity contribution is -0.114. The molecule has 0 atom stereocenters. The summed E-state index contributed by atoms with van der Waals surface area (Å²) in [4.78, 5) is 20.3. The van der Waals surface area contributed by atoms with Gasteiger partial charge in [0.1, 0.15) is 5.76 Å². The molecule has 0 saturated carbocycles. The van der Waals surface area contributed by atoms with Crippen LogP contribution in [0, 0.1) is 6.92 Å². The Kier molecular flexibility index (Phi) is 5.11. The first-order valence-electron chi connectivity index (χ1n) is 8.23. The summed E-state index contributed by atoms with van der Waals surface area (Å²) in [5.41, 5.74) is 1.73. The third kappa shape index (κ3) is 3.83. The standard InChI is InChI=1S/C20H15ClN2O2S2/c1-13-16(21)7-8-17-19(13)22-20(27-17)23(12-14-4-2-10-25-14)18(24)9-6-15-5-3-11-26-15/h2-11H,12H2,1H3/b9-6+. The Labute approximate surface area is 169 Å². The summed E-state index contributed by atoms with van der Waals surface area (Å²) in [5.74, 6) is 0.546. The van der Waals surface area contributed by atoms with Gasteiger partial charge < -0.3 is 4.42 Å². The van der Waals surface area contributed by atoms with E-state index >= 15 is 0 Å². The molecule has 0 N–H and O–H groups in total. The molecule has 4 nitrogen and oxygen atoms in total. The number of aromatic nitrogens is 1. The predicted octanol–water partition coefficient (Wildman–Crippen LogP) is 6.16. The molecular formula is C20H15ClN2O2S2. The highest BCUT2D eigenvalue weighted by atomic mass is 35.5. The smallest absolute Gasteiger partial charge is 0.253 e. The Morgan fingerprint density at radius 2 is 2.19 bits per heavy atom. The van der Waals surface area contributed by atoms with Crippen LogP contribution in [0.3, 0.4) is 0 Å². The monoisotopic (exact) mass is 414 g/mol. The van der Waals surface area contributed by atoms with Crippen molar-refractivity contribution in [3.8, 4) is 0 Å². The fourth-order valence-electron chi connectivity index (χ4n) is 2.63. The van der Waals surface area contributed by atoms with Crippen LogP contribution in [0.2, 0.25) is 5.02 Å². The molecule has 0 fully saturated rings. The Morgan fingerprint density at radius 3 is 2.93 bits per heavy atom. The summed E-state index contributed by atoms with van der Waals surface area (Å²) in [5, 5.41) is 3.26. The van der Waals surface area contributed by atoms with Crippen LogP contribution in [0.15, 0.2) is 58.5 Å². The van der Waals surface area contributed by atoms with Crippen LogP contribution in [-0.2, 0) is 11.3 Å². The van der Waals surface area contributed by atoms with Gasteiger partial charge >= 0.3 is 0 Å². The average molecular weight is 415 g/mol. The van der Waals surface area contributed by atoms with Crippen molar-refractivity contribution in [3.63, 3.8) is 0 Å². The van der Waals surface area contributed by atoms with Gasteiger partial charge in [0.15, 0.2) is 5.13 Å². The van der Waals surface area contributed by atoms with Crippen LogP contribution in [0.25, 0.3) is 16.3 Å². The lowest BCUT2D eigenvalue weighted by atomic mass is 10.2. The molecular weight excluding hydrogens is 400 g/mol. The van der Waals surface area contributed by atoms with Crippen LogP contribution >= 0.6 is 34.3 Å². The number of nitrogens with zero attached hydrogens (tertiary/aromatic N) is 2. The van der Waals surface area contributed by atoms with E-state index in [1.54, 1.807) is 28.6 Å². The number of rotatable bonds is 5. The van der Waals surface area contributed by atoms with Crippen molar-refractivity contribution in [2.45, 2.75) is 13.5 Å². The topological polar surface area (TPSA) is 46.3 Å². The van der Waals surface area contributed by atoms with Crippen molar-refractivity contribution in [2.75, 3.05) is 4.90 Å². The maximum absolute atomic E-state index is 12.9. The summed E-state index contributed by atoms with van der Waals surface area (Å²) in [6.07, 6.45) is 4.99. The molecule has 0 saturated heterocycles. The van der Waals surface area contributed by atoms with Gasteiger partial charge in [0, 0.05) is 16.0 Å². The minimum atomic E-state index is -0.150. The van der Waals surface area contributed by atoms with E-state index in [0.29, 0.717) is 22.5 Å². The zero-order valence-electron chi connectivity index (χ0n) is 14.4. The number of carbonyl (C=O) groups excluding carboxylic acids is 1. The first kappa shape index (κ1) is 18.0. The Balaban J connectivity index is 1.71. The summed E-state index contributed by atoms with van der Waals surface area (Å²) in [6.45, 7) is 2.25. The zero-order valence-corrected chi connectivity index (χ0v) is 16.8. The Bertz CT molecular complexity index is 1100. The summed E-state index contributed by atoms with van der Waals surface area (Å²) >= 11 is 9.27. The summed E-state index contributed by atoms with van der Waals surface area (Å²) in [7, 11) is 0. The number of halogens is 1. The molecule has 1 amide bonds. The molecule has 1 aromatic carbocycles. The number of amides is 1. The molecule has 0 spiro atoms. The number of furan rings is 1. The summed E-state index contributed by atoms with van der Waals surface area (Å²) < 4.78 is 6.43. The molecule has 4 aromatic rings. The minimum absolute atomic E-state index is 0.150. The van der Waals surface area contributed by atoms with Crippen molar-refractivity contribution in [3.05, 3.63) is 75.3 Å². The van der Waals surface area contributed by atoms with E-state index in [1.807, 2.05) is 54.8 Å². The number of aryl methyl sites for hydroxylation is 1. The van der Waals surface area contributed by atoms with Crippen molar-refractivity contribution < 1.29 is 9.21 Å². The fourth-order valence-corrected chi connectivity index (χ4v) is 4.43. The van der Waals surface area contributed by atoms with Gasteiger partial charge in [0.05, 0.1) is 23.0 Å². The molecule has 0 aliphatic carbocycles. The van der Waals surface area contributed by atoms with Crippen LogP contribution in [0.5, 0.6) is 0 Å². The Morgan fingerprint density at radius 1 is 1.30 bits per heavy atom. The molecule has 0 unspecified atom stereocenters. The zero-order chi connectivity index (χ0) is 18.8. The number of thiazole rings is 1. The van der Waals surface area contributed by atoms with Crippen LogP contribution in [-0.4, -0.2) is 10.9 Å². The van der Waals surface area contributed by atoms with Crippen molar-refractivity contribution in [1.82, 2.24) is 4.98 Å². The van der Waals surface area contributed by atoms with E-state index < -0.39 is 0 Å². The molecule has 3 heterocycles. The maximum Gasteiger partial charge on any atom is 0.253 e. The predicted molar refractivity (Wildman–Crippen MR) is 113 cm³/mol.